The molecule has 0 aliphatic heterocycles. The molecule has 1 aromatic carbocycles. The van der Waals surface area contributed by atoms with Gasteiger partial charge in [-0.3, -0.25) is 4.79 Å². The summed E-state index contributed by atoms with van der Waals surface area (Å²) in [6, 6.07) is 5.80. The van der Waals surface area contributed by atoms with Crippen molar-refractivity contribution in [2.45, 2.75) is 26.7 Å². The second-order valence-corrected chi connectivity index (χ2v) is 5.71. The van der Waals surface area contributed by atoms with E-state index in [1.54, 1.807) is 4.68 Å². The topological polar surface area (TPSA) is 47.8 Å². The van der Waals surface area contributed by atoms with Crippen molar-refractivity contribution in [3.63, 3.8) is 0 Å². The van der Waals surface area contributed by atoms with Crippen LogP contribution in [0.3, 0.4) is 0 Å². The van der Waals surface area contributed by atoms with Crippen LogP contribution in [0.5, 0.6) is 0 Å². The van der Waals surface area contributed by atoms with Crippen LogP contribution in [-0.4, -0.2) is 20.8 Å². The van der Waals surface area contributed by atoms with Gasteiger partial charge in [0, 0.05) is 15.4 Å². The first-order valence-electron chi connectivity index (χ1n) is 6.02. The van der Waals surface area contributed by atoms with Gasteiger partial charge in [-0.25, -0.2) is 4.68 Å². The summed E-state index contributed by atoms with van der Waals surface area (Å²) in [5, 5.41) is 8.17. The number of Topliss-reactive ketones (excluding diaryl/α,β-unsaturated/α-hetero) is 1. The number of para-hydroxylation sites is 1. The molecule has 0 saturated carbocycles. The number of hydrogen-bond donors (Lipinski definition) is 0. The summed E-state index contributed by atoms with van der Waals surface area (Å²) in [6.07, 6.45) is 1.13. The minimum absolute atomic E-state index is 0.0197. The molecule has 2 rings (SSSR count). The maximum atomic E-state index is 11.9. The molecule has 0 atom stereocenters. The molecule has 0 radical (unpaired) electrons. The van der Waals surface area contributed by atoms with Crippen LogP contribution >= 0.6 is 31.9 Å². The molecule has 100 valence electrons. The van der Waals surface area contributed by atoms with Gasteiger partial charge < -0.3 is 0 Å². The Morgan fingerprint density at radius 2 is 1.89 bits per heavy atom. The zero-order chi connectivity index (χ0) is 14.0. The van der Waals surface area contributed by atoms with Crippen molar-refractivity contribution in [3.8, 4) is 5.69 Å². The van der Waals surface area contributed by atoms with Crippen LogP contribution in [0.15, 0.2) is 27.1 Å². The highest BCUT2D eigenvalue weighted by molar-refractivity contribution is 9.11. The molecule has 0 aliphatic rings. The van der Waals surface area contributed by atoms with Gasteiger partial charge in [0.2, 0.25) is 0 Å². The van der Waals surface area contributed by atoms with E-state index in [0.29, 0.717) is 18.5 Å². The Morgan fingerprint density at radius 3 is 2.42 bits per heavy atom. The zero-order valence-corrected chi connectivity index (χ0v) is 13.8. The van der Waals surface area contributed by atoms with Crippen LogP contribution in [0, 0.1) is 0 Å². The van der Waals surface area contributed by atoms with Gasteiger partial charge in [-0.15, -0.1) is 5.10 Å². The Labute approximate surface area is 128 Å². The summed E-state index contributed by atoms with van der Waals surface area (Å²) < 4.78 is 3.52. The van der Waals surface area contributed by atoms with Gasteiger partial charge in [-0.1, -0.05) is 25.1 Å². The van der Waals surface area contributed by atoms with E-state index in [0.717, 1.165) is 20.3 Å². The molecule has 19 heavy (non-hydrogen) atoms. The first-order chi connectivity index (χ1) is 9.10. The molecule has 4 nitrogen and oxygen atoms in total. The largest absolute Gasteiger partial charge is 0.292 e. The smallest absolute Gasteiger partial charge is 0.184 e. The van der Waals surface area contributed by atoms with E-state index in [1.807, 2.05) is 32.0 Å². The van der Waals surface area contributed by atoms with Crippen LogP contribution in [-0.2, 0) is 6.42 Å². The second-order valence-electron chi connectivity index (χ2n) is 4.00. The number of rotatable bonds is 4. The number of ketones is 1. The number of aromatic nitrogens is 3. The Kier molecular flexibility index (Phi) is 4.52. The lowest BCUT2D eigenvalue weighted by Gasteiger charge is -2.09. The number of carbonyl (C=O) groups excluding carboxylic acids is 1. The third-order valence-electron chi connectivity index (χ3n) is 2.83. The lowest BCUT2D eigenvalue weighted by atomic mass is 10.1. The zero-order valence-electron chi connectivity index (χ0n) is 10.7. The van der Waals surface area contributed by atoms with Crippen molar-refractivity contribution < 1.29 is 4.79 Å². The fourth-order valence-corrected chi connectivity index (χ4v) is 3.21. The van der Waals surface area contributed by atoms with Crippen LogP contribution in [0.4, 0.5) is 0 Å². The van der Waals surface area contributed by atoms with Crippen molar-refractivity contribution >= 4 is 37.6 Å². The van der Waals surface area contributed by atoms with Gasteiger partial charge in [0.05, 0.1) is 11.4 Å². The standard InChI is InChI=1S/C13H13Br2N3O/c1-3-10-12(11(19)4-2)16-17-18(10)13-8(14)6-5-7-9(13)15/h5-7H,3-4H2,1-2H3. The van der Waals surface area contributed by atoms with E-state index in [2.05, 4.69) is 42.2 Å². The van der Waals surface area contributed by atoms with Crippen LogP contribution in [0.2, 0.25) is 0 Å². The van der Waals surface area contributed by atoms with E-state index in [4.69, 9.17) is 0 Å². The number of nitrogens with zero attached hydrogens (tertiary/aromatic N) is 3. The molecular formula is C13H13Br2N3O. The highest BCUT2D eigenvalue weighted by Gasteiger charge is 2.20. The minimum atomic E-state index is 0.0197. The Balaban J connectivity index is 2.64. The third kappa shape index (κ3) is 2.65. The monoisotopic (exact) mass is 385 g/mol. The molecule has 0 fully saturated rings. The van der Waals surface area contributed by atoms with Crippen LogP contribution < -0.4 is 0 Å². The van der Waals surface area contributed by atoms with E-state index in [-0.39, 0.29) is 5.78 Å². The Morgan fingerprint density at radius 1 is 1.26 bits per heavy atom. The van der Waals surface area contributed by atoms with Gasteiger partial charge in [0.1, 0.15) is 0 Å². The summed E-state index contributed by atoms with van der Waals surface area (Å²) in [7, 11) is 0. The van der Waals surface area contributed by atoms with Crippen molar-refractivity contribution in [2.75, 3.05) is 0 Å². The maximum Gasteiger partial charge on any atom is 0.184 e. The molecule has 0 amide bonds. The van der Waals surface area contributed by atoms with E-state index < -0.39 is 0 Å². The van der Waals surface area contributed by atoms with E-state index in [9.17, 15) is 4.79 Å². The summed E-state index contributed by atoms with van der Waals surface area (Å²) in [4.78, 5) is 11.9. The number of benzene rings is 1. The van der Waals surface area contributed by atoms with Gasteiger partial charge in [-0.05, 0) is 50.4 Å². The van der Waals surface area contributed by atoms with Crippen LogP contribution in [0.1, 0.15) is 36.5 Å². The fraction of sp³-hybridized carbons (Fsp3) is 0.308. The predicted molar refractivity (Wildman–Crippen MR) is 80.8 cm³/mol. The van der Waals surface area contributed by atoms with Crippen molar-refractivity contribution in [1.82, 2.24) is 15.0 Å². The normalized spacial score (nSPS) is 10.7. The molecule has 0 saturated heterocycles. The lowest BCUT2D eigenvalue weighted by molar-refractivity contribution is 0.0982. The summed E-state index contributed by atoms with van der Waals surface area (Å²) in [6.45, 7) is 3.82. The van der Waals surface area contributed by atoms with Gasteiger partial charge in [0.25, 0.3) is 0 Å². The van der Waals surface area contributed by atoms with Crippen molar-refractivity contribution in [1.29, 1.82) is 0 Å². The molecule has 2 aromatic rings. The molecule has 0 spiro atoms. The average Bonchev–Trinajstić information content (AvgIpc) is 2.81. The molecule has 0 unspecified atom stereocenters. The maximum absolute atomic E-state index is 11.9. The molecule has 1 heterocycles. The van der Waals surface area contributed by atoms with Gasteiger partial charge >= 0.3 is 0 Å². The van der Waals surface area contributed by atoms with Crippen molar-refractivity contribution in [2.24, 2.45) is 0 Å². The summed E-state index contributed by atoms with van der Waals surface area (Å²) >= 11 is 7.01. The predicted octanol–water partition coefficient (Wildman–Crippen LogP) is 3.95. The highest BCUT2D eigenvalue weighted by Crippen LogP contribution is 2.30. The van der Waals surface area contributed by atoms with Crippen LogP contribution in [0.25, 0.3) is 5.69 Å². The summed E-state index contributed by atoms with van der Waals surface area (Å²) in [5.41, 5.74) is 2.16. The number of hydrogen-bond acceptors (Lipinski definition) is 3. The second kappa shape index (κ2) is 5.96. The first kappa shape index (κ1) is 14.4. The SMILES string of the molecule is CCC(=O)c1nnn(-c2c(Br)cccc2Br)c1CC. The Bertz CT molecular complexity index is 602. The van der Waals surface area contributed by atoms with E-state index >= 15 is 0 Å². The van der Waals surface area contributed by atoms with Gasteiger partial charge in [0.15, 0.2) is 11.5 Å². The Hall–Kier alpha value is -1.01. The summed E-state index contributed by atoms with van der Waals surface area (Å²) in [5.74, 6) is 0.0197. The van der Waals surface area contributed by atoms with Gasteiger partial charge in [-0.2, -0.15) is 0 Å². The molecule has 1 aromatic heterocycles. The average molecular weight is 387 g/mol. The number of carbonyl (C=O) groups is 1. The molecule has 0 aliphatic carbocycles. The fourth-order valence-electron chi connectivity index (χ4n) is 1.87. The quantitative estimate of drug-likeness (QED) is 0.747. The van der Waals surface area contributed by atoms with E-state index in [1.165, 1.54) is 0 Å². The molecule has 0 N–H and O–H groups in total. The molecule has 0 bridgehead atoms. The number of halogens is 2. The highest BCUT2D eigenvalue weighted by atomic mass is 79.9. The third-order valence-corrected chi connectivity index (χ3v) is 4.11. The lowest BCUT2D eigenvalue weighted by Crippen LogP contribution is -2.07. The first-order valence-corrected chi connectivity index (χ1v) is 7.60. The molecule has 6 heteroatoms. The molecular weight excluding hydrogens is 374 g/mol. The minimum Gasteiger partial charge on any atom is -0.292 e. The van der Waals surface area contributed by atoms with Crippen molar-refractivity contribution in [3.05, 3.63) is 38.5 Å².